The topological polar surface area (TPSA) is 35.5 Å². The van der Waals surface area contributed by atoms with Gasteiger partial charge in [0.25, 0.3) is 0 Å². The highest BCUT2D eigenvalue weighted by molar-refractivity contribution is 5.95. The maximum Gasteiger partial charge on any atom is 0.308 e. The van der Waals surface area contributed by atoms with Crippen molar-refractivity contribution in [1.82, 2.24) is 0 Å². The molecule has 92 valence electrons. The van der Waals surface area contributed by atoms with Crippen molar-refractivity contribution in [1.29, 1.82) is 0 Å². The van der Waals surface area contributed by atoms with Gasteiger partial charge in [0.2, 0.25) is 0 Å². The van der Waals surface area contributed by atoms with Crippen molar-refractivity contribution in [2.45, 2.75) is 27.1 Å². The van der Waals surface area contributed by atoms with E-state index in [1.165, 1.54) is 12.5 Å². The van der Waals surface area contributed by atoms with Gasteiger partial charge in [0, 0.05) is 17.9 Å². The zero-order valence-electron chi connectivity index (χ0n) is 10.4. The van der Waals surface area contributed by atoms with Crippen LogP contribution in [0.25, 0.3) is 10.8 Å². The Kier molecular flexibility index (Phi) is 2.56. The maximum absolute atomic E-state index is 11.3. The molecule has 1 aliphatic heterocycles. The molecule has 0 atom stereocenters. The van der Waals surface area contributed by atoms with Crippen LogP contribution in [0.1, 0.15) is 23.6 Å². The number of ether oxygens (including phenoxy) is 2. The first-order valence-electron chi connectivity index (χ1n) is 5.97. The van der Waals surface area contributed by atoms with Crippen molar-refractivity contribution in [2.75, 3.05) is 0 Å². The molecule has 2 aromatic rings. The Bertz CT molecular complexity index is 644. The molecule has 0 N–H and O–H groups in total. The largest absolute Gasteiger partial charge is 0.426 e. The Morgan fingerprint density at radius 3 is 2.56 bits per heavy atom. The lowest BCUT2D eigenvalue weighted by molar-refractivity contribution is -0.131. The summed E-state index contributed by atoms with van der Waals surface area (Å²) in [7, 11) is 0. The third-order valence-corrected chi connectivity index (χ3v) is 3.41. The number of rotatable bonds is 1. The van der Waals surface area contributed by atoms with Crippen LogP contribution in [0, 0.1) is 6.92 Å². The van der Waals surface area contributed by atoms with E-state index in [-0.39, 0.29) is 5.97 Å². The Balaban J connectivity index is 2.37. The minimum absolute atomic E-state index is 0.293. The van der Waals surface area contributed by atoms with Gasteiger partial charge in [-0.1, -0.05) is 24.3 Å². The van der Waals surface area contributed by atoms with Crippen molar-refractivity contribution in [3.05, 3.63) is 41.0 Å². The predicted molar refractivity (Wildman–Crippen MR) is 68.5 cm³/mol. The summed E-state index contributed by atoms with van der Waals surface area (Å²) in [4.78, 5) is 11.3. The molecule has 0 unspecified atom stereocenters. The molecule has 0 radical (unpaired) electrons. The van der Waals surface area contributed by atoms with Crippen LogP contribution in [0.15, 0.2) is 24.3 Å². The minimum atomic E-state index is -0.293. The van der Waals surface area contributed by atoms with Gasteiger partial charge in [0.15, 0.2) is 0 Å². The quantitative estimate of drug-likeness (QED) is 0.569. The first kappa shape index (κ1) is 11.2. The Morgan fingerprint density at radius 1 is 1.17 bits per heavy atom. The standard InChI is InChI=1S/C15H14O3/c1-9-11-5-3-4-6-12(11)15(18-10(2)16)14-8-17-7-13(9)14/h3-6H,7-8H2,1-2H3. The van der Waals surface area contributed by atoms with Gasteiger partial charge in [0.05, 0.1) is 13.2 Å². The number of fused-ring (bicyclic) bond motifs is 2. The van der Waals surface area contributed by atoms with Crippen LogP contribution in [-0.4, -0.2) is 5.97 Å². The van der Waals surface area contributed by atoms with Crippen LogP contribution in [0.5, 0.6) is 5.75 Å². The van der Waals surface area contributed by atoms with Gasteiger partial charge in [0.1, 0.15) is 5.75 Å². The third-order valence-electron chi connectivity index (χ3n) is 3.41. The molecule has 0 saturated carbocycles. The van der Waals surface area contributed by atoms with E-state index in [1.807, 2.05) is 18.2 Å². The number of aryl methyl sites for hydroxylation is 1. The molecule has 0 aliphatic carbocycles. The molecule has 0 bridgehead atoms. The highest BCUT2D eigenvalue weighted by Gasteiger charge is 2.23. The van der Waals surface area contributed by atoms with E-state index >= 15 is 0 Å². The van der Waals surface area contributed by atoms with Crippen LogP contribution in [0.4, 0.5) is 0 Å². The molecule has 0 amide bonds. The van der Waals surface area contributed by atoms with E-state index in [2.05, 4.69) is 13.0 Å². The van der Waals surface area contributed by atoms with E-state index in [4.69, 9.17) is 9.47 Å². The smallest absolute Gasteiger partial charge is 0.308 e. The van der Waals surface area contributed by atoms with E-state index < -0.39 is 0 Å². The summed E-state index contributed by atoms with van der Waals surface area (Å²) in [6, 6.07) is 7.99. The summed E-state index contributed by atoms with van der Waals surface area (Å²) >= 11 is 0. The second-order valence-corrected chi connectivity index (χ2v) is 4.54. The number of hydrogen-bond acceptors (Lipinski definition) is 3. The summed E-state index contributed by atoms with van der Waals surface area (Å²) in [5.74, 6) is 0.370. The molecule has 3 heteroatoms. The molecular weight excluding hydrogens is 228 g/mol. The fourth-order valence-electron chi connectivity index (χ4n) is 2.56. The molecule has 2 aromatic carbocycles. The van der Waals surface area contributed by atoms with Crippen LogP contribution < -0.4 is 4.74 Å². The second-order valence-electron chi connectivity index (χ2n) is 4.54. The van der Waals surface area contributed by atoms with Gasteiger partial charge >= 0.3 is 5.97 Å². The molecule has 0 aromatic heterocycles. The molecule has 0 saturated heterocycles. The molecule has 3 nitrogen and oxygen atoms in total. The number of carbonyl (C=O) groups is 1. The number of esters is 1. The van der Waals surface area contributed by atoms with Crippen molar-refractivity contribution >= 4 is 16.7 Å². The van der Waals surface area contributed by atoms with Gasteiger partial charge in [-0.2, -0.15) is 0 Å². The van der Waals surface area contributed by atoms with Gasteiger partial charge in [-0.15, -0.1) is 0 Å². The summed E-state index contributed by atoms with van der Waals surface area (Å²) in [6.07, 6.45) is 0. The van der Waals surface area contributed by atoms with Gasteiger partial charge in [-0.25, -0.2) is 0 Å². The van der Waals surface area contributed by atoms with Crippen molar-refractivity contribution < 1.29 is 14.3 Å². The Morgan fingerprint density at radius 2 is 1.83 bits per heavy atom. The summed E-state index contributed by atoms with van der Waals surface area (Å²) in [6.45, 7) is 4.63. The number of benzene rings is 2. The first-order valence-corrected chi connectivity index (χ1v) is 5.97. The van der Waals surface area contributed by atoms with Crippen LogP contribution >= 0.6 is 0 Å². The van der Waals surface area contributed by atoms with Crippen molar-refractivity contribution in [3.63, 3.8) is 0 Å². The third kappa shape index (κ3) is 1.59. The number of hydrogen-bond donors (Lipinski definition) is 0. The second kappa shape index (κ2) is 4.10. The van der Waals surface area contributed by atoms with Crippen molar-refractivity contribution in [2.24, 2.45) is 0 Å². The van der Waals surface area contributed by atoms with Gasteiger partial charge < -0.3 is 9.47 Å². The first-order chi connectivity index (χ1) is 8.68. The summed E-state index contributed by atoms with van der Waals surface area (Å²) < 4.78 is 10.9. The average Bonchev–Trinajstić information content (AvgIpc) is 2.83. The van der Waals surface area contributed by atoms with Crippen molar-refractivity contribution in [3.8, 4) is 5.75 Å². The molecule has 0 fully saturated rings. The zero-order chi connectivity index (χ0) is 12.7. The predicted octanol–water partition coefficient (Wildman–Crippen LogP) is 3.10. The monoisotopic (exact) mass is 242 g/mol. The molecule has 1 heterocycles. The SMILES string of the molecule is CC(=O)Oc1c2c(c(C)c3ccccc13)COC2. The fraction of sp³-hybridized carbons (Fsp3) is 0.267. The van der Waals surface area contributed by atoms with Gasteiger partial charge in [-0.3, -0.25) is 4.79 Å². The van der Waals surface area contributed by atoms with E-state index in [9.17, 15) is 4.79 Å². The normalized spacial score (nSPS) is 13.7. The molecule has 1 aliphatic rings. The maximum atomic E-state index is 11.3. The van der Waals surface area contributed by atoms with E-state index in [0.29, 0.717) is 19.0 Å². The van der Waals surface area contributed by atoms with Crippen LogP contribution in [0.2, 0.25) is 0 Å². The fourth-order valence-corrected chi connectivity index (χ4v) is 2.56. The molecule has 0 spiro atoms. The lowest BCUT2D eigenvalue weighted by atomic mass is 9.95. The zero-order valence-corrected chi connectivity index (χ0v) is 10.4. The number of carbonyl (C=O) groups excluding carboxylic acids is 1. The lowest BCUT2D eigenvalue weighted by Gasteiger charge is -2.14. The van der Waals surface area contributed by atoms with Gasteiger partial charge in [-0.05, 0) is 23.4 Å². The molecule has 18 heavy (non-hydrogen) atoms. The lowest BCUT2D eigenvalue weighted by Crippen LogP contribution is -2.05. The minimum Gasteiger partial charge on any atom is -0.426 e. The Hall–Kier alpha value is -1.87. The van der Waals surface area contributed by atoms with E-state index in [1.54, 1.807) is 0 Å². The Labute approximate surface area is 105 Å². The summed E-state index contributed by atoms with van der Waals surface area (Å²) in [5, 5.41) is 2.10. The van der Waals surface area contributed by atoms with E-state index in [0.717, 1.165) is 21.9 Å². The molecular formula is C15H14O3. The highest BCUT2D eigenvalue weighted by Crippen LogP contribution is 2.39. The van der Waals surface area contributed by atoms with Crippen LogP contribution in [-0.2, 0) is 22.7 Å². The van der Waals surface area contributed by atoms with Crippen LogP contribution in [0.3, 0.4) is 0 Å². The highest BCUT2D eigenvalue weighted by atomic mass is 16.5. The average molecular weight is 242 g/mol. The summed E-state index contributed by atoms with van der Waals surface area (Å²) in [5.41, 5.74) is 3.39. The molecule has 3 rings (SSSR count).